The summed E-state index contributed by atoms with van der Waals surface area (Å²) >= 11 is 0. The van der Waals surface area contributed by atoms with E-state index in [9.17, 15) is 9.90 Å². The molecule has 5 fully saturated rings. The van der Waals surface area contributed by atoms with Crippen LogP contribution >= 0.6 is 0 Å². The fourth-order valence-corrected chi connectivity index (χ4v) is 4.71. The molecule has 3 heterocycles. The SMILES string of the molecule is O=C(O)C12CCC3OC3C1(CC1CCC3OC3C1)O2. The molecule has 3 aliphatic heterocycles. The van der Waals surface area contributed by atoms with Crippen LogP contribution in [0.4, 0.5) is 0 Å². The third kappa shape index (κ3) is 1.29. The Morgan fingerprint density at radius 2 is 2.05 bits per heavy atom. The van der Waals surface area contributed by atoms with Crippen molar-refractivity contribution < 1.29 is 24.1 Å². The topological polar surface area (TPSA) is 74.9 Å². The number of rotatable bonds is 3. The highest BCUT2D eigenvalue weighted by atomic mass is 16.7. The minimum absolute atomic E-state index is 0.0372. The van der Waals surface area contributed by atoms with Crippen LogP contribution in [0.2, 0.25) is 0 Å². The molecular formula is C14H18O5. The van der Waals surface area contributed by atoms with Crippen LogP contribution in [0.15, 0.2) is 0 Å². The van der Waals surface area contributed by atoms with Gasteiger partial charge in [-0.2, -0.15) is 0 Å². The van der Waals surface area contributed by atoms with Gasteiger partial charge in [0, 0.05) is 0 Å². The van der Waals surface area contributed by atoms with Crippen LogP contribution in [-0.2, 0) is 19.0 Å². The van der Waals surface area contributed by atoms with Crippen LogP contribution < -0.4 is 0 Å². The summed E-state index contributed by atoms with van der Waals surface area (Å²) in [6.07, 6.45) is 6.84. The number of fused-ring (bicyclic) bond motifs is 4. The van der Waals surface area contributed by atoms with E-state index in [1.54, 1.807) is 0 Å². The number of carboxylic acids is 1. The van der Waals surface area contributed by atoms with Gasteiger partial charge in [-0.15, -0.1) is 0 Å². The Morgan fingerprint density at radius 3 is 2.84 bits per heavy atom. The zero-order chi connectivity index (χ0) is 12.8. The molecule has 0 bridgehead atoms. The summed E-state index contributed by atoms with van der Waals surface area (Å²) in [4.78, 5) is 11.6. The predicted molar refractivity (Wildman–Crippen MR) is 62.7 cm³/mol. The van der Waals surface area contributed by atoms with Gasteiger partial charge in [-0.3, -0.25) is 0 Å². The fourth-order valence-electron chi connectivity index (χ4n) is 4.71. The van der Waals surface area contributed by atoms with Gasteiger partial charge in [-0.05, 0) is 44.4 Å². The average molecular weight is 266 g/mol. The molecule has 0 aromatic heterocycles. The van der Waals surface area contributed by atoms with E-state index in [2.05, 4.69) is 0 Å². The molecule has 0 spiro atoms. The molecule has 19 heavy (non-hydrogen) atoms. The number of carboxylic acid groups (broad SMARTS) is 1. The van der Waals surface area contributed by atoms with Gasteiger partial charge in [0.25, 0.3) is 0 Å². The first-order valence-electron chi connectivity index (χ1n) is 7.39. The summed E-state index contributed by atoms with van der Waals surface area (Å²) < 4.78 is 17.1. The molecule has 5 heteroatoms. The third-order valence-electron chi connectivity index (χ3n) is 5.87. The molecule has 0 amide bonds. The van der Waals surface area contributed by atoms with Crippen molar-refractivity contribution in [2.45, 2.75) is 74.1 Å². The van der Waals surface area contributed by atoms with Gasteiger partial charge in [0.05, 0.1) is 18.3 Å². The van der Waals surface area contributed by atoms with Crippen LogP contribution in [0.3, 0.4) is 0 Å². The Hall–Kier alpha value is -0.650. The van der Waals surface area contributed by atoms with E-state index in [0.29, 0.717) is 24.5 Å². The van der Waals surface area contributed by atoms with E-state index < -0.39 is 17.2 Å². The molecule has 0 aromatic rings. The van der Waals surface area contributed by atoms with Gasteiger partial charge >= 0.3 is 5.97 Å². The van der Waals surface area contributed by atoms with Crippen LogP contribution in [-0.4, -0.2) is 46.7 Å². The Balaban J connectivity index is 1.39. The molecule has 1 N–H and O–H groups in total. The number of aliphatic carboxylic acids is 1. The number of hydrogen-bond acceptors (Lipinski definition) is 4. The monoisotopic (exact) mass is 266 g/mol. The van der Waals surface area contributed by atoms with Gasteiger partial charge in [0.2, 0.25) is 0 Å². The van der Waals surface area contributed by atoms with Crippen molar-refractivity contribution in [2.24, 2.45) is 5.92 Å². The molecule has 5 rings (SSSR count). The second-order valence-electron chi connectivity index (χ2n) is 6.85. The molecule has 5 aliphatic rings. The van der Waals surface area contributed by atoms with E-state index >= 15 is 0 Å². The molecule has 7 atom stereocenters. The van der Waals surface area contributed by atoms with Gasteiger partial charge in [-0.25, -0.2) is 4.79 Å². The highest BCUT2D eigenvalue weighted by Crippen LogP contribution is 2.67. The maximum Gasteiger partial charge on any atom is 0.339 e. The Morgan fingerprint density at radius 1 is 1.16 bits per heavy atom. The molecule has 0 aromatic carbocycles. The standard InChI is InChI=1S/C14H18O5/c15-12(16)13-4-3-9-11(18-9)14(13,19-13)6-7-1-2-8-10(5-7)17-8/h7-11H,1-6H2,(H,15,16). The molecule has 104 valence electrons. The zero-order valence-corrected chi connectivity index (χ0v) is 10.7. The van der Waals surface area contributed by atoms with E-state index in [1.807, 2.05) is 0 Å². The summed E-state index contributed by atoms with van der Waals surface area (Å²) in [7, 11) is 0. The Kier molecular flexibility index (Phi) is 1.84. The summed E-state index contributed by atoms with van der Waals surface area (Å²) in [5.41, 5.74) is -1.46. The minimum atomic E-state index is -0.939. The highest BCUT2D eigenvalue weighted by Gasteiger charge is 2.85. The first kappa shape index (κ1) is 11.1. The third-order valence-corrected chi connectivity index (χ3v) is 5.87. The second-order valence-corrected chi connectivity index (χ2v) is 6.85. The first-order valence-corrected chi connectivity index (χ1v) is 7.39. The van der Waals surface area contributed by atoms with E-state index in [4.69, 9.17) is 14.2 Å². The molecule has 7 unspecified atom stereocenters. The lowest BCUT2D eigenvalue weighted by Gasteiger charge is -2.25. The summed E-state index contributed by atoms with van der Waals surface area (Å²) in [5.74, 6) is -0.259. The molecule has 5 nitrogen and oxygen atoms in total. The predicted octanol–water partition coefficient (Wildman–Crippen LogP) is 1.10. The fraction of sp³-hybridized carbons (Fsp3) is 0.929. The van der Waals surface area contributed by atoms with E-state index in [-0.39, 0.29) is 12.2 Å². The van der Waals surface area contributed by atoms with Crippen molar-refractivity contribution in [3.8, 4) is 0 Å². The average Bonchev–Trinajstić information content (AvgIpc) is 3.23. The van der Waals surface area contributed by atoms with Crippen molar-refractivity contribution >= 4 is 5.97 Å². The van der Waals surface area contributed by atoms with Crippen molar-refractivity contribution in [1.82, 2.24) is 0 Å². The zero-order valence-electron chi connectivity index (χ0n) is 10.7. The molecule has 2 aliphatic carbocycles. The van der Waals surface area contributed by atoms with Crippen molar-refractivity contribution in [3.63, 3.8) is 0 Å². The number of hydrogen-bond donors (Lipinski definition) is 1. The second kappa shape index (κ2) is 3.15. The largest absolute Gasteiger partial charge is 0.479 e. The number of carbonyl (C=O) groups is 1. The van der Waals surface area contributed by atoms with Gasteiger partial charge in [0.1, 0.15) is 11.7 Å². The number of ether oxygens (including phenoxy) is 3. The molecule has 0 radical (unpaired) electrons. The van der Waals surface area contributed by atoms with Gasteiger partial charge < -0.3 is 19.3 Å². The highest BCUT2D eigenvalue weighted by molar-refractivity contribution is 5.84. The maximum absolute atomic E-state index is 11.6. The van der Waals surface area contributed by atoms with E-state index in [0.717, 1.165) is 32.1 Å². The quantitative estimate of drug-likeness (QED) is 0.774. The van der Waals surface area contributed by atoms with E-state index in [1.165, 1.54) is 0 Å². The normalized spacial score (nSPS) is 60.5. The Bertz CT molecular complexity index is 465. The number of epoxide rings is 3. The van der Waals surface area contributed by atoms with Crippen molar-refractivity contribution in [2.75, 3.05) is 0 Å². The maximum atomic E-state index is 11.6. The van der Waals surface area contributed by atoms with Crippen LogP contribution in [0.5, 0.6) is 0 Å². The summed E-state index contributed by atoms with van der Waals surface area (Å²) in [6, 6.07) is 0. The van der Waals surface area contributed by atoms with Gasteiger partial charge in [-0.1, -0.05) is 0 Å². The van der Waals surface area contributed by atoms with Gasteiger partial charge in [0.15, 0.2) is 5.60 Å². The lowest BCUT2D eigenvalue weighted by Crippen LogP contribution is -2.43. The van der Waals surface area contributed by atoms with Crippen molar-refractivity contribution in [3.05, 3.63) is 0 Å². The summed E-state index contributed by atoms with van der Waals surface area (Å²) in [5, 5.41) is 9.53. The molecule has 2 saturated carbocycles. The van der Waals surface area contributed by atoms with Crippen LogP contribution in [0.25, 0.3) is 0 Å². The first-order chi connectivity index (χ1) is 9.15. The lowest BCUT2D eigenvalue weighted by molar-refractivity contribution is -0.143. The molecular weight excluding hydrogens is 248 g/mol. The molecule has 3 saturated heterocycles. The van der Waals surface area contributed by atoms with Crippen molar-refractivity contribution in [1.29, 1.82) is 0 Å². The van der Waals surface area contributed by atoms with Crippen LogP contribution in [0, 0.1) is 5.92 Å². The summed E-state index contributed by atoms with van der Waals surface area (Å²) in [6.45, 7) is 0. The minimum Gasteiger partial charge on any atom is -0.479 e. The smallest absolute Gasteiger partial charge is 0.339 e. The van der Waals surface area contributed by atoms with Crippen LogP contribution in [0.1, 0.15) is 38.5 Å². The lowest BCUT2D eigenvalue weighted by atomic mass is 9.72. The Labute approximate surface area is 111 Å².